The van der Waals surface area contributed by atoms with Crippen molar-refractivity contribution in [1.29, 1.82) is 0 Å². The molecule has 3 aromatic rings. The molecule has 0 unspecified atom stereocenters. The first-order chi connectivity index (χ1) is 7.68. The van der Waals surface area contributed by atoms with E-state index in [2.05, 4.69) is 10.1 Å². The van der Waals surface area contributed by atoms with Crippen LogP contribution in [0.3, 0.4) is 0 Å². The number of hydrogen-bond acceptors (Lipinski definition) is 3. The van der Waals surface area contributed by atoms with E-state index in [1.807, 2.05) is 31.2 Å². The molecule has 5 nitrogen and oxygen atoms in total. The van der Waals surface area contributed by atoms with Crippen LogP contribution in [0, 0.1) is 6.92 Å². The van der Waals surface area contributed by atoms with Crippen LogP contribution in [0.1, 0.15) is 5.69 Å². The van der Waals surface area contributed by atoms with Crippen molar-refractivity contribution in [2.45, 2.75) is 6.92 Å². The van der Waals surface area contributed by atoms with E-state index >= 15 is 0 Å². The van der Waals surface area contributed by atoms with Gasteiger partial charge in [0, 0.05) is 5.39 Å². The summed E-state index contributed by atoms with van der Waals surface area (Å²) in [7, 11) is 1.72. The Morgan fingerprint density at radius 2 is 2.06 bits per heavy atom. The predicted molar refractivity (Wildman–Crippen MR) is 55.9 cm³/mol. The molecular weight excluding hydrogens is 204 g/mol. The second kappa shape index (κ2) is 2.91. The van der Waals surface area contributed by atoms with Gasteiger partial charge >= 0.3 is 5.78 Å². The largest absolute Gasteiger partial charge is 0.824 e. The zero-order valence-corrected chi connectivity index (χ0v) is 9.01. The Kier molecular flexibility index (Phi) is 1.65. The van der Waals surface area contributed by atoms with Crippen molar-refractivity contribution >= 4 is 16.7 Å². The highest BCUT2D eigenvalue weighted by molar-refractivity contribution is 5.78. The highest BCUT2D eigenvalue weighted by Gasteiger charge is 2.16. The van der Waals surface area contributed by atoms with Crippen LogP contribution in [0.25, 0.3) is 16.7 Å². The van der Waals surface area contributed by atoms with E-state index in [1.54, 1.807) is 7.05 Å². The summed E-state index contributed by atoms with van der Waals surface area (Å²) in [5.41, 5.74) is 1.75. The molecule has 1 aromatic carbocycles. The lowest BCUT2D eigenvalue weighted by Gasteiger charge is -2.01. The molecule has 0 aliphatic rings. The Bertz CT molecular complexity index is 702. The molecular formula is C11H10N4O. The fourth-order valence-corrected chi connectivity index (χ4v) is 1.97. The molecule has 80 valence electrons. The maximum absolute atomic E-state index is 11.7. The average Bonchev–Trinajstić information content (AvgIpc) is 2.55. The first kappa shape index (κ1) is 9.08. The number of benzene rings is 1. The van der Waals surface area contributed by atoms with Gasteiger partial charge in [0.25, 0.3) is 0 Å². The van der Waals surface area contributed by atoms with Crippen molar-refractivity contribution in [2.75, 3.05) is 0 Å². The van der Waals surface area contributed by atoms with E-state index < -0.39 is 0 Å². The van der Waals surface area contributed by atoms with Crippen molar-refractivity contribution < 1.29 is 9.51 Å². The quantitative estimate of drug-likeness (QED) is 0.498. The standard InChI is InChI=1S/C11H10N4O/c1-7-8-5-3-4-6-9(8)15-10(12-7)14(2)13-11(15)16/h3-6H,1-2H3. The van der Waals surface area contributed by atoms with Gasteiger partial charge in [-0.1, -0.05) is 12.1 Å². The Hall–Kier alpha value is -2.17. The number of aromatic nitrogens is 4. The van der Waals surface area contributed by atoms with Crippen LogP contribution in [0.2, 0.25) is 0 Å². The molecule has 0 amide bonds. The SMILES string of the molecule is Cc1nc2n(C)nc([O-])[n+]2c2ccccc12. The van der Waals surface area contributed by atoms with Gasteiger partial charge in [-0.3, -0.25) is 0 Å². The molecule has 3 rings (SSSR count). The van der Waals surface area contributed by atoms with Gasteiger partial charge in [0.05, 0.1) is 7.05 Å². The van der Waals surface area contributed by atoms with Gasteiger partial charge in [-0.15, -0.1) is 9.67 Å². The lowest BCUT2D eigenvalue weighted by atomic mass is 10.2. The topological polar surface area (TPSA) is 57.9 Å². The van der Waals surface area contributed by atoms with Crippen LogP contribution in [0.4, 0.5) is 0 Å². The van der Waals surface area contributed by atoms with Crippen LogP contribution in [0.15, 0.2) is 24.3 Å². The molecule has 16 heavy (non-hydrogen) atoms. The number of fused-ring (bicyclic) bond motifs is 3. The minimum Gasteiger partial charge on any atom is -0.824 e. The summed E-state index contributed by atoms with van der Waals surface area (Å²) in [4.78, 5) is 4.39. The molecule has 0 aliphatic carbocycles. The molecule has 0 bridgehead atoms. The Balaban J connectivity index is 2.67. The minimum atomic E-state index is -0.291. The smallest absolute Gasteiger partial charge is 0.386 e. The number of para-hydroxylation sites is 1. The number of rotatable bonds is 0. The van der Waals surface area contributed by atoms with Gasteiger partial charge < -0.3 is 5.11 Å². The molecule has 0 radical (unpaired) electrons. The molecule has 0 N–H and O–H groups in total. The van der Waals surface area contributed by atoms with E-state index in [0.717, 1.165) is 16.6 Å². The zero-order chi connectivity index (χ0) is 11.3. The predicted octanol–water partition coefficient (Wildman–Crippen LogP) is 0.0890. The van der Waals surface area contributed by atoms with Gasteiger partial charge in [-0.05, 0) is 24.2 Å². The summed E-state index contributed by atoms with van der Waals surface area (Å²) >= 11 is 0. The van der Waals surface area contributed by atoms with Crippen LogP contribution < -0.4 is 9.51 Å². The summed E-state index contributed by atoms with van der Waals surface area (Å²) in [5.74, 6) is 0.571. The van der Waals surface area contributed by atoms with Gasteiger partial charge in [0.2, 0.25) is 6.01 Å². The van der Waals surface area contributed by atoms with Crippen molar-refractivity contribution in [3.8, 4) is 6.01 Å². The molecule has 0 atom stereocenters. The van der Waals surface area contributed by atoms with E-state index in [-0.39, 0.29) is 6.01 Å². The first-order valence-corrected chi connectivity index (χ1v) is 4.99. The molecule has 0 saturated carbocycles. The summed E-state index contributed by atoms with van der Waals surface area (Å²) < 4.78 is 3.03. The van der Waals surface area contributed by atoms with Crippen molar-refractivity contribution in [1.82, 2.24) is 14.8 Å². The van der Waals surface area contributed by atoms with Crippen LogP contribution in [-0.2, 0) is 7.05 Å². The molecule has 0 saturated heterocycles. The van der Waals surface area contributed by atoms with Gasteiger partial charge in [0.15, 0.2) is 0 Å². The maximum atomic E-state index is 11.7. The Labute approximate surface area is 91.6 Å². The average molecular weight is 214 g/mol. The molecule has 0 aliphatic heterocycles. The summed E-state index contributed by atoms with van der Waals surface area (Å²) in [6.07, 6.45) is 0. The molecule has 5 heteroatoms. The van der Waals surface area contributed by atoms with Crippen molar-refractivity contribution in [3.63, 3.8) is 0 Å². The van der Waals surface area contributed by atoms with E-state index in [9.17, 15) is 5.11 Å². The number of hydrogen-bond donors (Lipinski definition) is 0. The van der Waals surface area contributed by atoms with Crippen LogP contribution in [0.5, 0.6) is 6.01 Å². The molecule has 0 spiro atoms. The molecule has 2 aromatic heterocycles. The van der Waals surface area contributed by atoms with E-state index in [4.69, 9.17) is 0 Å². The van der Waals surface area contributed by atoms with Gasteiger partial charge in [0.1, 0.15) is 11.2 Å². The Morgan fingerprint density at radius 3 is 2.88 bits per heavy atom. The lowest BCUT2D eigenvalue weighted by Crippen LogP contribution is -2.27. The summed E-state index contributed by atoms with van der Waals surface area (Å²) in [5, 5.41) is 16.5. The maximum Gasteiger partial charge on any atom is 0.386 e. The fraction of sp³-hybridized carbons (Fsp3) is 0.182. The lowest BCUT2D eigenvalue weighted by molar-refractivity contribution is -0.566. The monoisotopic (exact) mass is 214 g/mol. The van der Waals surface area contributed by atoms with Crippen LogP contribution >= 0.6 is 0 Å². The highest BCUT2D eigenvalue weighted by atomic mass is 16.3. The summed E-state index contributed by atoms with van der Waals surface area (Å²) in [6.45, 7) is 1.93. The van der Waals surface area contributed by atoms with Crippen LogP contribution in [-0.4, -0.2) is 14.8 Å². The first-order valence-electron chi connectivity index (χ1n) is 4.99. The Morgan fingerprint density at radius 1 is 1.31 bits per heavy atom. The third-order valence-electron chi connectivity index (χ3n) is 2.72. The third-order valence-corrected chi connectivity index (χ3v) is 2.72. The van der Waals surface area contributed by atoms with Gasteiger partial charge in [-0.2, -0.15) is 4.40 Å². The van der Waals surface area contributed by atoms with Crippen molar-refractivity contribution in [3.05, 3.63) is 30.0 Å². The molecule has 0 fully saturated rings. The minimum absolute atomic E-state index is 0.291. The zero-order valence-electron chi connectivity index (χ0n) is 9.01. The highest BCUT2D eigenvalue weighted by Crippen LogP contribution is 2.14. The van der Waals surface area contributed by atoms with E-state index in [0.29, 0.717) is 5.78 Å². The number of aryl methyl sites for hydroxylation is 2. The molecule has 2 heterocycles. The third kappa shape index (κ3) is 1.02. The second-order valence-corrected chi connectivity index (χ2v) is 3.76. The van der Waals surface area contributed by atoms with Gasteiger partial charge in [-0.25, -0.2) is 0 Å². The number of nitrogens with zero attached hydrogens (tertiary/aromatic N) is 4. The van der Waals surface area contributed by atoms with E-state index in [1.165, 1.54) is 9.08 Å². The van der Waals surface area contributed by atoms with Crippen molar-refractivity contribution in [2.24, 2.45) is 7.05 Å². The fourth-order valence-electron chi connectivity index (χ4n) is 1.97. The second-order valence-electron chi connectivity index (χ2n) is 3.76. The normalized spacial score (nSPS) is 11.4. The summed E-state index contributed by atoms with van der Waals surface area (Å²) in [6, 6.07) is 7.41.